The number of hydrogen-bond acceptors (Lipinski definition) is 5. The van der Waals surface area contributed by atoms with E-state index in [-0.39, 0.29) is 11.7 Å². The van der Waals surface area contributed by atoms with Crippen molar-refractivity contribution in [2.24, 2.45) is 11.1 Å². The van der Waals surface area contributed by atoms with E-state index < -0.39 is 5.41 Å². The van der Waals surface area contributed by atoms with Gasteiger partial charge in [-0.3, -0.25) is 4.79 Å². The normalized spacial score (nSPS) is 17.0. The van der Waals surface area contributed by atoms with Crippen molar-refractivity contribution in [1.82, 2.24) is 4.90 Å². The molecule has 1 aliphatic heterocycles. The van der Waals surface area contributed by atoms with Crippen molar-refractivity contribution in [2.45, 2.75) is 19.4 Å². The number of nitrogens with two attached hydrogens (primary N) is 1. The number of benzene rings is 1. The summed E-state index contributed by atoms with van der Waals surface area (Å²) in [7, 11) is 3.26. The lowest BCUT2D eigenvalue weighted by Gasteiger charge is -2.37. The van der Waals surface area contributed by atoms with Crippen molar-refractivity contribution in [3.63, 3.8) is 0 Å². The first-order valence-electron chi connectivity index (χ1n) is 7.41. The minimum Gasteiger partial charge on any atom is -0.504 e. The molecule has 0 unspecified atom stereocenters. The molecule has 1 saturated heterocycles. The van der Waals surface area contributed by atoms with Gasteiger partial charge in [-0.1, -0.05) is 6.07 Å². The van der Waals surface area contributed by atoms with Crippen molar-refractivity contribution in [3.8, 4) is 11.5 Å². The van der Waals surface area contributed by atoms with Crippen LogP contribution < -0.4 is 10.5 Å². The summed E-state index contributed by atoms with van der Waals surface area (Å²) in [5.74, 6) is 0.523. The summed E-state index contributed by atoms with van der Waals surface area (Å²) >= 11 is 0. The summed E-state index contributed by atoms with van der Waals surface area (Å²) in [6.07, 6.45) is 1.31. The van der Waals surface area contributed by atoms with Crippen molar-refractivity contribution >= 4 is 5.91 Å². The first-order chi connectivity index (χ1) is 10.5. The van der Waals surface area contributed by atoms with Crippen LogP contribution in [0.3, 0.4) is 0 Å². The minimum atomic E-state index is -0.526. The van der Waals surface area contributed by atoms with Crippen LogP contribution in [0.15, 0.2) is 18.2 Å². The first-order valence-corrected chi connectivity index (χ1v) is 7.41. The molecule has 1 aromatic rings. The molecular weight excluding hydrogens is 284 g/mol. The number of phenolic OH excluding ortho intramolecular Hbond substituents is 1. The van der Waals surface area contributed by atoms with Gasteiger partial charge >= 0.3 is 0 Å². The third-order valence-corrected chi connectivity index (χ3v) is 4.30. The van der Waals surface area contributed by atoms with Gasteiger partial charge in [0.1, 0.15) is 0 Å². The van der Waals surface area contributed by atoms with Gasteiger partial charge in [0.2, 0.25) is 5.91 Å². The number of amides is 1. The zero-order valence-electron chi connectivity index (χ0n) is 13.2. The molecule has 6 nitrogen and oxygen atoms in total. The minimum absolute atomic E-state index is 0.0357. The fourth-order valence-electron chi connectivity index (χ4n) is 2.85. The third-order valence-electron chi connectivity index (χ3n) is 4.30. The Kier molecular flexibility index (Phi) is 5.26. The average Bonchev–Trinajstić information content (AvgIpc) is 2.55. The Morgan fingerprint density at radius 1 is 1.45 bits per heavy atom. The standard InChI is InChI=1S/C16H24N2O4/c1-18(10-12-3-4-14(21-2)13(19)9-12)15(20)16(11-17)5-7-22-8-6-16/h3-4,9,19H,5-8,10-11,17H2,1-2H3. The highest BCUT2D eigenvalue weighted by Gasteiger charge is 2.40. The number of rotatable bonds is 5. The van der Waals surface area contributed by atoms with Gasteiger partial charge in [0.25, 0.3) is 0 Å². The fraction of sp³-hybridized carbons (Fsp3) is 0.562. The molecule has 1 amide bonds. The summed E-state index contributed by atoms with van der Waals surface area (Å²) in [6, 6.07) is 5.14. The molecule has 0 saturated carbocycles. The lowest BCUT2D eigenvalue weighted by Crippen LogP contribution is -2.49. The maximum atomic E-state index is 12.8. The van der Waals surface area contributed by atoms with E-state index in [9.17, 15) is 9.90 Å². The summed E-state index contributed by atoms with van der Waals surface area (Å²) in [6.45, 7) is 1.88. The summed E-state index contributed by atoms with van der Waals surface area (Å²) in [5, 5.41) is 9.82. The molecule has 0 radical (unpaired) electrons. The third kappa shape index (κ3) is 3.34. The van der Waals surface area contributed by atoms with Gasteiger partial charge < -0.3 is 25.2 Å². The molecule has 0 aromatic heterocycles. The SMILES string of the molecule is COc1ccc(CN(C)C(=O)C2(CN)CCOCC2)cc1O. The molecular formula is C16H24N2O4. The van der Waals surface area contributed by atoms with Gasteiger partial charge in [-0.25, -0.2) is 0 Å². The van der Waals surface area contributed by atoms with Crippen molar-refractivity contribution in [1.29, 1.82) is 0 Å². The quantitative estimate of drug-likeness (QED) is 0.851. The van der Waals surface area contributed by atoms with Gasteiger partial charge in [-0.2, -0.15) is 0 Å². The van der Waals surface area contributed by atoms with E-state index in [0.29, 0.717) is 44.9 Å². The van der Waals surface area contributed by atoms with Crippen LogP contribution in [-0.4, -0.2) is 49.8 Å². The maximum Gasteiger partial charge on any atom is 0.230 e. The van der Waals surface area contributed by atoms with E-state index in [2.05, 4.69) is 0 Å². The van der Waals surface area contributed by atoms with E-state index in [1.165, 1.54) is 7.11 Å². The van der Waals surface area contributed by atoms with Crippen LogP contribution in [0, 0.1) is 5.41 Å². The lowest BCUT2D eigenvalue weighted by molar-refractivity contribution is -0.146. The largest absolute Gasteiger partial charge is 0.504 e. The number of methoxy groups -OCH3 is 1. The van der Waals surface area contributed by atoms with Crippen LogP contribution in [0.2, 0.25) is 0 Å². The zero-order chi connectivity index (χ0) is 16.2. The maximum absolute atomic E-state index is 12.8. The van der Waals surface area contributed by atoms with Crippen molar-refractivity contribution in [3.05, 3.63) is 23.8 Å². The second-order valence-corrected chi connectivity index (χ2v) is 5.76. The number of ether oxygens (including phenoxy) is 2. The number of aromatic hydroxyl groups is 1. The van der Waals surface area contributed by atoms with Crippen LogP contribution in [0.4, 0.5) is 0 Å². The van der Waals surface area contributed by atoms with Crippen molar-refractivity contribution in [2.75, 3.05) is 33.9 Å². The van der Waals surface area contributed by atoms with Gasteiger partial charge in [-0.05, 0) is 30.5 Å². The van der Waals surface area contributed by atoms with Crippen LogP contribution in [0.1, 0.15) is 18.4 Å². The topological polar surface area (TPSA) is 85.0 Å². The summed E-state index contributed by atoms with van der Waals surface area (Å²) < 4.78 is 10.4. The number of phenols is 1. The van der Waals surface area contributed by atoms with Gasteiger partial charge in [0.15, 0.2) is 11.5 Å². The summed E-state index contributed by atoms with van der Waals surface area (Å²) in [4.78, 5) is 14.4. The molecule has 2 rings (SSSR count). The number of carbonyl (C=O) groups is 1. The predicted molar refractivity (Wildman–Crippen MR) is 82.7 cm³/mol. The monoisotopic (exact) mass is 308 g/mol. The highest BCUT2D eigenvalue weighted by Crippen LogP contribution is 2.32. The number of nitrogens with zero attached hydrogens (tertiary/aromatic N) is 1. The van der Waals surface area contributed by atoms with E-state index in [1.54, 1.807) is 24.1 Å². The fourth-order valence-corrected chi connectivity index (χ4v) is 2.85. The molecule has 6 heteroatoms. The highest BCUT2D eigenvalue weighted by molar-refractivity contribution is 5.83. The average molecular weight is 308 g/mol. The van der Waals surface area contributed by atoms with Crippen LogP contribution in [0.5, 0.6) is 11.5 Å². The predicted octanol–water partition coefficient (Wildman–Crippen LogP) is 1.11. The molecule has 0 atom stereocenters. The van der Waals surface area contributed by atoms with Crippen molar-refractivity contribution < 1.29 is 19.4 Å². The Morgan fingerprint density at radius 3 is 2.68 bits per heavy atom. The Morgan fingerprint density at radius 2 is 2.14 bits per heavy atom. The van der Waals surface area contributed by atoms with E-state index in [0.717, 1.165) is 5.56 Å². The van der Waals surface area contributed by atoms with Crippen LogP contribution in [-0.2, 0) is 16.1 Å². The van der Waals surface area contributed by atoms with E-state index in [4.69, 9.17) is 15.2 Å². The molecule has 0 bridgehead atoms. The van der Waals surface area contributed by atoms with Crippen LogP contribution in [0.25, 0.3) is 0 Å². The second kappa shape index (κ2) is 6.98. The molecule has 1 fully saturated rings. The van der Waals surface area contributed by atoms with Crippen LogP contribution >= 0.6 is 0 Å². The zero-order valence-corrected chi connectivity index (χ0v) is 13.2. The molecule has 1 heterocycles. The molecule has 0 spiro atoms. The highest BCUT2D eigenvalue weighted by atomic mass is 16.5. The van der Waals surface area contributed by atoms with E-state index in [1.807, 2.05) is 6.07 Å². The molecule has 3 N–H and O–H groups in total. The Hall–Kier alpha value is -1.79. The molecule has 122 valence electrons. The lowest BCUT2D eigenvalue weighted by atomic mass is 9.79. The number of hydrogen-bond donors (Lipinski definition) is 2. The summed E-state index contributed by atoms with van der Waals surface area (Å²) in [5.41, 5.74) is 6.19. The molecule has 1 aromatic carbocycles. The molecule has 0 aliphatic carbocycles. The molecule has 1 aliphatic rings. The smallest absolute Gasteiger partial charge is 0.230 e. The van der Waals surface area contributed by atoms with Gasteiger partial charge in [-0.15, -0.1) is 0 Å². The Bertz CT molecular complexity index is 527. The van der Waals surface area contributed by atoms with Gasteiger partial charge in [0.05, 0.1) is 12.5 Å². The number of carbonyl (C=O) groups excluding carboxylic acids is 1. The first kappa shape index (κ1) is 16.6. The molecule has 22 heavy (non-hydrogen) atoms. The Labute approximate surface area is 130 Å². The van der Waals surface area contributed by atoms with E-state index >= 15 is 0 Å². The van der Waals surface area contributed by atoms with Gasteiger partial charge in [0, 0.05) is 33.4 Å². The second-order valence-electron chi connectivity index (χ2n) is 5.76. The Balaban J connectivity index is 2.09.